The number of carbonyl (C=O) groups is 1. The van der Waals surface area contributed by atoms with Crippen LogP contribution in [-0.2, 0) is 4.74 Å². The fourth-order valence-electron chi connectivity index (χ4n) is 1.19. The number of nitrogens with zero attached hydrogens (tertiary/aromatic N) is 1. The lowest BCUT2D eigenvalue weighted by molar-refractivity contribution is 0.0488. The molecule has 0 spiro atoms. The first kappa shape index (κ1) is 12.3. The van der Waals surface area contributed by atoms with Crippen LogP contribution in [0.25, 0.3) is 0 Å². The highest BCUT2D eigenvalue weighted by Gasteiger charge is 2.07. The monoisotopic (exact) mass is 217 g/mol. The third-order valence-electron chi connectivity index (χ3n) is 2.16. The third-order valence-corrected chi connectivity index (χ3v) is 2.16. The van der Waals surface area contributed by atoms with Crippen LogP contribution in [0.4, 0.5) is 0 Å². The van der Waals surface area contributed by atoms with Gasteiger partial charge in [-0.3, -0.25) is 0 Å². The minimum Gasteiger partial charge on any atom is -0.462 e. The zero-order valence-corrected chi connectivity index (χ0v) is 9.56. The highest BCUT2D eigenvalue weighted by molar-refractivity contribution is 5.89. The van der Waals surface area contributed by atoms with Crippen LogP contribution in [0.1, 0.15) is 36.2 Å². The van der Waals surface area contributed by atoms with Crippen molar-refractivity contribution in [1.29, 1.82) is 5.26 Å². The van der Waals surface area contributed by atoms with E-state index < -0.39 is 0 Å². The molecule has 0 bridgehead atoms. The minimum absolute atomic E-state index is 0.363. The average Bonchev–Trinajstić information content (AvgIpc) is 2.28. The zero-order valence-electron chi connectivity index (χ0n) is 9.56. The first-order valence-corrected chi connectivity index (χ1v) is 5.30. The van der Waals surface area contributed by atoms with Crippen LogP contribution in [-0.4, -0.2) is 12.6 Å². The van der Waals surface area contributed by atoms with Crippen molar-refractivity contribution in [3.63, 3.8) is 0 Å². The SMILES string of the molecule is CC(C)CCOC(=O)c1cccc(C#N)c1. The number of rotatable bonds is 4. The molecule has 0 saturated heterocycles. The summed E-state index contributed by atoms with van der Waals surface area (Å²) in [6.45, 7) is 4.57. The summed E-state index contributed by atoms with van der Waals surface area (Å²) in [6.07, 6.45) is 0.851. The van der Waals surface area contributed by atoms with E-state index in [9.17, 15) is 4.79 Å². The Labute approximate surface area is 95.7 Å². The number of hydrogen-bond acceptors (Lipinski definition) is 3. The van der Waals surface area contributed by atoms with Crippen molar-refractivity contribution in [3.8, 4) is 6.07 Å². The van der Waals surface area contributed by atoms with Gasteiger partial charge in [-0.2, -0.15) is 5.26 Å². The van der Waals surface area contributed by atoms with Crippen LogP contribution in [0.15, 0.2) is 24.3 Å². The molecule has 0 N–H and O–H groups in total. The number of esters is 1. The molecule has 3 nitrogen and oxygen atoms in total. The number of benzene rings is 1. The van der Waals surface area contributed by atoms with E-state index in [1.54, 1.807) is 18.2 Å². The average molecular weight is 217 g/mol. The summed E-state index contributed by atoms with van der Waals surface area (Å²) >= 11 is 0. The van der Waals surface area contributed by atoms with Gasteiger partial charge >= 0.3 is 5.97 Å². The molecule has 0 aliphatic rings. The lowest BCUT2D eigenvalue weighted by Gasteiger charge is -2.06. The van der Waals surface area contributed by atoms with E-state index in [1.807, 2.05) is 6.07 Å². The number of nitriles is 1. The van der Waals surface area contributed by atoms with Gasteiger partial charge in [0.1, 0.15) is 0 Å². The molecule has 0 unspecified atom stereocenters. The molecule has 84 valence electrons. The highest BCUT2D eigenvalue weighted by Crippen LogP contribution is 2.07. The molecular formula is C13H15NO2. The lowest BCUT2D eigenvalue weighted by Crippen LogP contribution is -2.08. The van der Waals surface area contributed by atoms with E-state index in [0.717, 1.165) is 6.42 Å². The van der Waals surface area contributed by atoms with Gasteiger partial charge in [0.15, 0.2) is 0 Å². The molecule has 0 heterocycles. The molecule has 0 atom stereocenters. The molecule has 1 rings (SSSR count). The fraction of sp³-hybridized carbons (Fsp3) is 0.385. The Kier molecular flexibility index (Phi) is 4.53. The Morgan fingerprint density at radius 1 is 1.50 bits per heavy atom. The van der Waals surface area contributed by atoms with Crippen LogP contribution in [0.2, 0.25) is 0 Å². The maximum absolute atomic E-state index is 11.6. The van der Waals surface area contributed by atoms with Crippen molar-refractivity contribution in [2.75, 3.05) is 6.61 Å². The van der Waals surface area contributed by atoms with Crippen LogP contribution in [0, 0.1) is 17.2 Å². The maximum Gasteiger partial charge on any atom is 0.338 e. The third kappa shape index (κ3) is 3.74. The molecule has 0 saturated carbocycles. The number of ether oxygens (including phenoxy) is 1. The predicted octanol–water partition coefficient (Wildman–Crippen LogP) is 2.76. The van der Waals surface area contributed by atoms with Gasteiger partial charge < -0.3 is 4.74 Å². The van der Waals surface area contributed by atoms with Crippen molar-refractivity contribution < 1.29 is 9.53 Å². The van der Waals surface area contributed by atoms with E-state index >= 15 is 0 Å². The Morgan fingerprint density at radius 3 is 2.88 bits per heavy atom. The van der Waals surface area contributed by atoms with Crippen LogP contribution >= 0.6 is 0 Å². The van der Waals surface area contributed by atoms with E-state index in [-0.39, 0.29) is 5.97 Å². The van der Waals surface area contributed by atoms with Crippen molar-refractivity contribution in [2.45, 2.75) is 20.3 Å². The molecule has 1 aromatic rings. The second kappa shape index (κ2) is 5.92. The molecular weight excluding hydrogens is 202 g/mol. The molecule has 16 heavy (non-hydrogen) atoms. The van der Waals surface area contributed by atoms with Gasteiger partial charge in [-0.05, 0) is 30.5 Å². The molecule has 0 aromatic heterocycles. The second-order valence-electron chi connectivity index (χ2n) is 4.01. The minimum atomic E-state index is -0.363. The van der Waals surface area contributed by atoms with Crippen molar-refractivity contribution in [1.82, 2.24) is 0 Å². The standard InChI is InChI=1S/C13H15NO2/c1-10(2)6-7-16-13(15)12-5-3-4-11(8-12)9-14/h3-5,8,10H,6-7H2,1-2H3. The fourth-order valence-corrected chi connectivity index (χ4v) is 1.19. The quantitative estimate of drug-likeness (QED) is 0.728. The van der Waals surface area contributed by atoms with Crippen LogP contribution < -0.4 is 0 Å². The van der Waals surface area contributed by atoms with Gasteiger partial charge in [0.2, 0.25) is 0 Å². The summed E-state index contributed by atoms with van der Waals surface area (Å²) in [4.78, 5) is 11.6. The normalized spacial score (nSPS) is 9.88. The Bertz CT molecular complexity index is 405. The Balaban J connectivity index is 2.56. The van der Waals surface area contributed by atoms with Crippen molar-refractivity contribution in [2.24, 2.45) is 5.92 Å². The zero-order chi connectivity index (χ0) is 12.0. The Hall–Kier alpha value is -1.82. The molecule has 0 radical (unpaired) electrons. The first-order valence-electron chi connectivity index (χ1n) is 5.30. The van der Waals surface area contributed by atoms with Crippen LogP contribution in [0.5, 0.6) is 0 Å². The van der Waals surface area contributed by atoms with E-state index in [0.29, 0.717) is 23.7 Å². The number of carbonyl (C=O) groups excluding carboxylic acids is 1. The van der Waals surface area contributed by atoms with Gasteiger partial charge in [-0.25, -0.2) is 4.79 Å². The molecule has 0 fully saturated rings. The first-order chi connectivity index (χ1) is 7.63. The highest BCUT2D eigenvalue weighted by atomic mass is 16.5. The van der Waals surface area contributed by atoms with Gasteiger partial charge in [-0.1, -0.05) is 19.9 Å². The summed E-state index contributed by atoms with van der Waals surface area (Å²) in [5.74, 6) is 0.149. The number of hydrogen-bond donors (Lipinski definition) is 0. The largest absolute Gasteiger partial charge is 0.462 e. The smallest absolute Gasteiger partial charge is 0.338 e. The van der Waals surface area contributed by atoms with E-state index in [1.165, 1.54) is 6.07 Å². The lowest BCUT2D eigenvalue weighted by atomic mass is 10.1. The van der Waals surface area contributed by atoms with Crippen molar-refractivity contribution in [3.05, 3.63) is 35.4 Å². The Morgan fingerprint density at radius 2 is 2.25 bits per heavy atom. The van der Waals surface area contributed by atoms with Gasteiger partial charge in [0.05, 0.1) is 23.8 Å². The summed E-state index contributed by atoms with van der Waals surface area (Å²) in [7, 11) is 0. The summed E-state index contributed by atoms with van der Waals surface area (Å²) in [5, 5.41) is 8.69. The van der Waals surface area contributed by atoms with Crippen LogP contribution in [0.3, 0.4) is 0 Å². The molecule has 1 aromatic carbocycles. The molecule has 0 aliphatic carbocycles. The molecule has 0 amide bonds. The summed E-state index contributed by atoms with van der Waals surface area (Å²) in [5.41, 5.74) is 0.904. The summed E-state index contributed by atoms with van der Waals surface area (Å²) in [6, 6.07) is 8.52. The summed E-state index contributed by atoms with van der Waals surface area (Å²) < 4.78 is 5.09. The maximum atomic E-state index is 11.6. The molecule has 0 aliphatic heterocycles. The van der Waals surface area contributed by atoms with Crippen molar-refractivity contribution >= 4 is 5.97 Å². The second-order valence-corrected chi connectivity index (χ2v) is 4.01. The topological polar surface area (TPSA) is 50.1 Å². The van der Waals surface area contributed by atoms with E-state index in [2.05, 4.69) is 13.8 Å². The van der Waals surface area contributed by atoms with E-state index in [4.69, 9.17) is 10.00 Å². The van der Waals surface area contributed by atoms with Gasteiger partial charge in [0, 0.05) is 0 Å². The molecule has 3 heteroatoms. The predicted molar refractivity (Wildman–Crippen MR) is 60.9 cm³/mol. The van der Waals surface area contributed by atoms with Gasteiger partial charge in [-0.15, -0.1) is 0 Å². The van der Waals surface area contributed by atoms with Gasteiger partial charge in [0.25, 0.3) is 0 Å².